The molecule has 118 valence electrons. The smallest absolute Gasteiger partial charge is 0.220 e. The van der Waals surface area contributed by atoms with Crippen molar-refractivity contribution in [2.75, 3.05) is 27.4 Å². The number of benzene rings is 1. The third-order valence-corrected chi connectivity index (χ3v) is 4.05. The fraction of sp³-hybridized carbons (Fsp3) is 0.375. The fourth-order valence-electron chi connectivity index (χ4n) is 1.99. The summed E-state index contributed by atoms with van der Waals surface area (Å²) in [7, 11) is 3.26. The molecule has 0 atom stereocenters. The summed E-state index contributed by atoms with van der Waals surface area (Å²) >= 11 is 1.56. The molecule has 0 aliphatic rings. The second-order valence-electron chi connectivity index (χ2n) is 4.69. The molecule has 0 unspecified atom stereocenters. The number of nitrogens with one attached hydrogen (secondary N) is 1. The highest BCUT2D eigenvalue weighted by molar-refractivity contribution is 7.13. The summed E-state index contributed by atoms with van der Waals surface area (Å²) in [5.74, 6) is 0.824. The predicted molar refractivity (Wildman–Crippen MR) is 87.3 cm³/mol. The van der Waals surface area contributed by atoms with Crippen LogP contribution in [0, 0.1) is 0 Å². The van der Waals surface area contributed by atoms with E-state index in [9.17, 15) is 4.79 Å². The van der Waals surface area contributed by atoms with Crippen LogP contribution in [0.5, 0.6) is 5.75 Å². The van der Waals surface area contributed by atoms with E-state index in [0.717, 1.165) is 22.0 Å². The van der Waals surface area contributed by atoms with E-state index in [2.05, 4.69) is 10.3 Å². The molecule has 0 radical (unpaired) electrons. The van der Waals surface area contributed by atoms with Gasteiger partial charge in [-0.05, 0) is 18.6 Å². The second kappa shape index (κ2) is 8.51. The molecule has 0 bridgehead atoms. The maximum absolute atomic E-state index is 11.7. The van der Waals surface area contributed by atoms with Gasteiger partial charge in [0.25, 0.3) is 0 Å². The maximum atomic E-state index is 11.7. The first-order valence-electron chi connectivity index (χ1n) is 7.08. The lowest BCUT2D eigenvalue weighted by molar-refractivity contribution is -0.121. The number of para-hydroxylation sites is 1. The first-order valence-corrected chi connectivity index (χ1v) is 7.96. The zero-order valence-corrected chi connectivity index (χ0v) is 13.6. The Morgan fingerprint density at radius 2 is 2.14 bits per heavy atom. The van der Waals surface area contributed by atoms with E-state index in [1.165, 1.54) is 0 Å². The van der Waals surface area contributed by atoms with Gasteiger partial charge in [-0.25, -0.2) is 4.98 Å². The lowest BCUT2D eigenvalue weighted by Crippen LogP contribution is -2.27. The van der Waals surface area contributed by atoms with E-state index in [1.54, 1.807) is 25.6 Å². The number of aromatic nitrogens is 1. The molecule has 0 spiro atoms. The van der Waals surface area contributed by atoms with E-state index < -0.39 is 0 Å². The Bertz CT molecular complexity index is 613. The summed E-state index contributed by atoms with van der Waals surface area (Å²) in [4.78, 5) is 16.2. The monoisotopic (exact) mass is 320 g/mol. The van der Waals surface area contributed by atoms with Crippen LogP contribution in [0.1, 0.15) is 12.1 Å². The predicted octanol–water partition coefficient (Wildman–Crippen LogP) is 2.51. The minimum Gasteiger partial charge on any atom is -0.496 e. The quantitative estimate of drug-likeness (QED) is 0.759. The number of amides is 1. The van der Waals surface area contributed by atoms with Crippen molar-refractivity contribution in [1.29, 1.82) is 0 Å². The topological polar surface area (TPSA) is 60.5 Å². The number of thiazole rings is 1. The number of carbonyl (C=O) groups excluding carboxylic acids is 1. The Kier molecular flexibility index (Phi) is 6.36. The second-order valence-corrected chi connectivity index (χ2v) is 5.55. The van der Waals surface area contributed by atoms with Crippen molar-refractivity contribution in [3.05, 3.63) is 35.3 Å². The highest BCUT2D eigenvalue weighted by Gasteiger charge is 2.10. The highest BCUT2D eigenvalue weighted by atomic mass is 32.1. The van der Waals surface area contributed by atoms with Crippen LogP contribution >= 0.6 is 11.3 Å². The molecule has 1 amide bonds. The summed E-state index contributed by atoms with van der Waals surface area (Å²) in [6, 6.07) is 7.79. The normalized spacial score (nSPS) is 10.5. The van der Waals surface area contributed by atoms with Crippen LogP contribution in [0.15, 0.2) is 29.6 Å². The van der Waals surface area contributed by atoms with Crippen LogP contribution in [0.3, 0.4) is 0 Å². The molecular weight excluding hydrogens is 300 g/mol. The van der Waals surface area contributed by atoms with Gasteiger partial charge in [-0.2, -0.15) is 0 Å². The largest absolute Gasteiger partial charge is 0.496 e. The van der Waals surface area contributed by atoms with Crippen molar-refractivity contribution in [2.24, 2.45) is 0 Å². The first-order chi connectivity index (χ1) is 10.7. The van der Waals surface area contributed by atoms with Gasteiger partial charge in [-0.3, -0.25) is 4.79 Å². The van der Waals surface area contributed by atoms with Crippen molar-refractivity contribution in [1.82, 2.24) is 10.3 Å². The van der Waals surface area contributed by atoms with Crippen molar-refractivity contribution in [3.8, 4) is 16.3 Å². The zero-order chi connectivity index (χ0) is 15.8. The summed E-state index contributed by atoms with van der Waals surface area (Å²) in [6.45, 7) is 1.07. The molecule has 2 aromatic rings. The summed E-state index contributed by atoms with van der Waals surface area (Å²) in [5, 5.41) is 5.70. The third-order valence-electron chi connectivity index (χ3n) is 3.13. The molecule has 1 aromatic carbocycles. The van der Waals surface area contributed by atoms with E-state index in [-0.39, 0.29) is 5.91 Å². The van der Waals surface area contributed by atoms with Gasteiger partial charge in [0, 0.05) is 25.5 Å². The number of nitrogens with zero attached hydrogens (tertiary/aromatic N) is 1. The lowest BCUT2D eigenvalue weighted by atomic mass is 10.2. The number of ether oxygens (including phenoxy) is 2. The molecule has 2 rings (SSSR count). The Balaban J connectivity index is 1.93. The van der Waals surface area contributed by atoms with Crippen LogP contribution in [-0.4, -0.2) is 38.3 Å². The Hall–Kier alpha value is -1.92. The Labute approximate surface area is 134 Å². The van der Waals surface area contributed by atoms with Crippen LogP contribution in [0.4, 0.5) is 0 Å². The van der Waals surface area contributed by atoms with Gasteiger partial charge in [-0.15, -0.1) is 11.3 Å². The molecule has 22 heavy (non-hydrogen) atoms. The van der Waals surface area contributed by atoms with Crippen LogP contribution in [0.25, 0.3) is 10.6 Å². The maximum Gasteiger partial charge on any atom is 0.220 e. The summed E-state index contributed by atoms with van der Waals surface area (Å²) in [6.07, 6.45) is 1.06. The van der Waals surface area contributed by atoms with Gasteiger partial charge in [0.05, 0.1) is 25.0 Å². The Morgan fingerprint density at radius 3 is 2.91 bits per heavy atom. The standard InChI is InChI=1S/C16H20N2O3S/c1-20-10-9-17-15(19)8-7-12-11-22-16(18-12)13-5-3-4-6-14(13)21-2/h3-6,11H,7-10H2,1-2H3,(H,17,19). The van der Waals surface area contributed by atoms with Crippen LogP contribution in [0.2, 0.25) is 0 Å². The van der Waals surface area contributed by atoms with Crippen LogP contribution < -0.4 is 10.1 Å². The average Bonchev–Trinajstić information content (AvgIpc) is 3.02. The SMILES string of the molecule is COCCNC(=O)CCc1csc(-c2ccccc2OC)n1. The van der Waals surface area contributed by atoms with Crippen molar-refractivity contribution in [2.45, 2.75) is 12.8 Å². The molecule has 0 aliphatic carbocycles. The van der Waals surface area contributed by atoms with E-state index in [1.807, 2.05) is 29.6 Å². The number of rotatable bonds is 8. The number of methoxy groups -OCH3 is 2. The molecule has 5 nitrogen and oxygen atoms in total. The molecule has 0 saturated carbocycles. The van der Waals surface area contributed by atoms with Gasteiger partial charge in [0.1, 0.15) is 10.8 Å². The van der Waals surface area contributed by atoms with Gasteiger partial charge in [-0.1, -0.05) is 12.1 Å². The minimum absolute atomic E-state index is 0.0175. The molecular formula is C16H20N2O3S. The molecule has 1 heterocycles. The molecule has 0 aliphatic heterocycles. The fourth-order valence-corrected chi connectivity index (χ4v) is 2.87. The van der Waals surface area contributed by atoms with Gasteiger partial charge in [0.2, 0.25) is 5.91 Å². The molecule has 6 heteroatoms. The average molecular weight is 320 g/mol. The van der Waals surface area contributed by atoms with E-state index in [4.69, 9.17) is 9.47 Å². The minimum atomic E-state index is 0.0175. The van der Waals surface area contributed by atoms with E-state index >= 15 is 0 Å². The van der Waals surface area contributed by atoms with E-state index in [0.29, 0.717) is 26.0 Å². The van der Waals surface area contributed by atoms with Gasteiger partial charge >= 0.3 is 0 Å². The number of hydrogen-bond donors (Lipinski definition) is 1. The summed E-state index contributed by atoms with van der Waals surface area (Å²) in [5.41, 5.74) is 1.90. The van der Waals surface area contributed by atoms with Crippen molar-refractivity contribution >= 4 is 17.2 Å². The number of carbonyl (C=O) groups is 1. The molecule has 0 fully saturated rings. The third kappa shape index (κ3) is 4.54. The Morgan fingerprint density at radius 1 is 1.32 bits per heavy atom. The first kappa shape index (κ1) is 16.5. The van der Waals surface area contributed by atoms with Gasteiger partial charge in [0.15, 0.2) is 0 Å². The van der Waals surface area contributed by atoms with Crippen molar-refractivity contribution < 1.29 is 14.3 Å². The number of aryl methyl sites for hydroxylation is 1. The van der Waals surface area contributed by atoms with Crippen LogP contribution in [-0.2, 0) is 16.0 Å². The zero-order valence-electron chi connectivity index (χ0n) is 12.8. The molecule has 1 N–H and O–H groups in total. The number of hydrogen-bond acceptors (Lipinski definition) is 5. The molecule has 0 saturated heterocycles. The lowest BCUT2D eigenvalue weighted by Gasteiger charge is -2.04. The van der Waals surface area contributed by atoms with Crippen molar-refractivity contribution in [3.63, 3.8) is 0 Å². The summed E-state index contributed by atoms with van der Waals surface area (Å²) < 4.78 is 10.2. The van der Waals surface area contributed by atoms with Gasteiger partial charge < -0.3 is 14.8 Å². The highest BCUT2D eigenvalue weighted by Crippen LogP contribution is 2.31. The molecule has 1 aromatic heterocycles.